The van der Waals surface area contributed by atoms with Gasteiger partial charge in [-0.05, 0) is 49.8 Å². The molecule has 0 atom stereocenters. The molecule has 3 heteroatoms. The summed E-state index contributed by atoms with van der Waals surface area (Å²) in [7, 11) is 0. The van der Waals surface area contributed by atoms with Crippen LogP contribution in [-0.4, -0.2) is 11.3 Å². The number of halogens is 1. The van der Waals surface area contributed by atoms with Crippen LogP contribution in [0.15, 0.2) is 12.1 Å². The molecule has 0 spiro atoms. The van der Waals surface area contributed by atoms with E-state index in [-0.39, 0.29) is 0 Å². The van der Waals surface area contributed by atoms with E-state index in [0.717, 1.165) is 65.3 Å². The molecule has 2 nitrogen and oxygen atoms in total. The monoisotopic (exact) mass is 259 g/mol. The molecule has 18 heavy (non-hydrogen) atoms. The first kappa shape index (κ1) is 11.7. The summed E-state index contributed by atoms with van der Waals surface area (Å²) >= 11 is 6.14. The largest absolute Gasteiger partial charge is 0.298 e. The van der Waals surface area contributed by atoms with Crippen molar-refractivity contribution in [3.8, 4) is 0 Å². The summed E-state index contributed by atoms with van der Waals surface area (Å²) in [6.07, 6.45) is 5.21. The van der Waals surface area contributed by atoms with Crippen LogP contribution in [0.25, 0.3) is 10.9 Å². The van der Waals surface area contributed by atoms with Crippen molar-refractivity contribution in [2.24, 2.45) is 0 Å². The van der Waals surface area contributed by atoms with Crippen LogP contribution < -0.4 is 0 Å². The van der Waals surface area contributed by atoms with Gasteiger partial charge in [-0.3, -0.25) is 9.78 Å². The molecule has 1 aromatic carbocycles. The number of benzene rings is 1. The van der Waals surface area contributed by atoms with Crippen LogP contribution in [-0.2, 0) is 12.8 Å². The van der Waals surface area contributed by atoms with Gasteiger partial charge >= 0.3 is 0 Å². The van der Waals surface area contributed by atoms with E-state index in [1.54, 1.807) is 0 Å². The second kappa shape index (κ2) is 4.36. The molecule has 1 aliphatic rings. The molecule has 0 aliphatic heterocycles. The molecule has 0 radical (unpaired) electrons. The fourth-order valence-electron chi connectivity index (χ4n) is 2.77. The van der Waals surface area contributed by atoms with E-state index in [4.69, 9.17) is 16.6 Å². The van der Waals surface area contributed by atoms with Gasteiger partial charge in [-0.1, -0.05) is 17.7 Å². The number of rotatable bonds is 1. The molecule has 92 valence electrons. The van der Waals surface area contributed by atoms with Gasteiger partial charge in [0.15, 0.2) is 6.29 Å². The summed E-state index contributed by atoms with van der Waals surface area (Å²) in [6, 6.07) is 3.76. The Morgan fingerprint density at radius 1 is 1.28 bits per heavy atom. The molecule has 1 aliphatic carbocycles. The number of aryl methyl sites for hydroxylation is 2. The number of hydrogen-bond acceptors (Lipinski definition) is 2. The third-order valence-electron chi connectivity index (χ3n) is 3.78. The number of carbonyl (C=O) groups excluding carboxylic acids is 1. The van der Waals surface area contributed by atoms with Crippen LogP contribution in [0, 0.1) is 6.92 Å². The molecule has 0 bridgehead atoms. The van der Waals surface area contributed by atoms with Gasteiger partial charge in [0.05, 0.1) is 5.52 Å². The fourth-order valence-corrected chi connectivity index (χ4v) is 2.92. The predicted octanol–water partition coefficient (Wildman–Crippen LogP) is 3.89. The van der Waals surface area contributed by atoms with Crippen LogP contribution >= 0.6 is 11.6 Å². The number of fused-ring (bicyclic) bond motifs is 2. The van der Waals surface area contributed by atoms with Crippen molar-refractivity contribution in [1.29, 1.82) is 0 Å². The number of pyridine rings is 1. The summed E-state index contributed by atoms with van der Waals surface area (Å²) in [5, 5.41) is 1.65. The van der Waals surface area contributed by atoms with Crippen molar-refractivity contribution in [2.75, 3.05) is 0 Å². The Balaban J connectivity index is 2.43. The second-order valence-electron chi connectivity index (χ2n) is 4.84. The SMILES string of the molecule is Cc1c(Cl)ccc2c(C=O)c3c(nc12)CCCC3. The molecule has 0 saturated heterocycles. The van der Waals surface area contributed by atoms with Gasteiger partial charge in [0.1, 0.15) is 0 Å². The Morgan fingerprint density at radius 2 is 2.06 bits per heavy atom. The summed E-state index contributed by atoms with van der Waals surface area (Å²) in [6.45, 7) is 1.96. The molecule has 1 aromatic heterocycles. The zero-order valence-corrected chi connectivity index (χ0v) is 11.0. The van der Waals surface area contributed by atoms with Gasteiger partial charge in [-0.15, -0.1) is 0 Å². The smallest absolute Gasteiger partial charge is 0.151 e. The Hall–Kier alpha value is -1.41. The van der Waals surface area contributed by atoms with Gasteiger partial charge in [0.2, 0.25) is 0 Å². The first-order valence-corrected chi connectivity index (χ1v) is 6.66. The second-order valence-corrected chi connectivity index (χ2v) is 5.25. The number of hydrogen-bond donors (Lipinski definition) is 0. The van der Waals surface area contributed by atoms with E-state index in [2.05, 4.69) is 0 Å². The number of carbonyl (C=O) groups is 1. The first-order chi connectivity index (χ1) is 8.72. The Kier molecular flexibility index (Phi) is 2.83. The van der Waals surface area contributed by atoms with Crippen molar-refractivity contribution in [3.63, 3.8) is 0 Å². The number of nitrogens with zero attached hydrogens (tertiary/aromatic N) is 1. The summed E-state index contributed by atoms with van der Waals surface area (Å²) in [5.41, 5.74) is 4.89. The molecule has 3 rings (SSSR count). The maximum absolute atomic E-state index is 11.4. The summed E-state index contributed by atoms with van der Waals surface area (Å²) in [5.74, 6) is 0. The molecule has 0 saturated carbocycles. The lowest BCUT2D eigenvalue weighted by atomic mass is 9.90. The van der Waals surface area contributed by atoms with Crippen LogP contribution in [0.4, 0.5) is 0 Å². The van der Waals surface area contributed by atoms with Gasteiger partial charge in [-0.2, -0.15) is 0 Å². The highest BCUT2D eigenvalue weighted by atomic mass is 35.5. The highest BCUT2D eigenvalue weighted by Gasteiger charge is 2.18. The lowest BCUT2D eigenvalue weighted by molar-refractivity contribution is 0.112. The predicted molar refractivity (Wildman–Crippen MR) is 73.5 cm³/mol. The highest BCUT2D eigenvalue weighted by molar-refractivity contribution is 6.32. The van der Waals surface area contributed by atoms with E-state index in [9.17, 15) is 4.79 Å². The highest BCUT2D eigenvalue weighted by Crippen LogP contribution is 2.31. The topological polar surface area (TPSA) is 30.0 Å². The lowest BCUT2D eigenvalue weighted by Gasteiger charge is -2.19. The van der Waals surface area contributed by atoms with Crippen molar-refractivity contribution >= 4 is 28.8 Å². The Bertz CT molecular complexity index is 649. The van der Waals surface area contributed by atoms with Crippen molar-refractivity contribution < 1.29 is 4.79 Å². The average molecular weight is 260 g/mol. The quantitative estimate of drug-likeness (QED) is 0.728. The maximum Gasteiger partial charge on any atom is 0.151 e. The molecular formula is C15H14ClNO. The third-order valence-corrected chi connectivity index (χ3v) is 4.19. The van der Waals surface area contributed by atoms with Gasteiger partial charge in [-0.25, -0.2) is 0 Å². The van der Waals surface area contributed by atoms with Crippen LogP contribution in [0.3, 0.4) is 0 Å². The van der Waals surface area contributed by atoms with E-state index in [0.29, 0.717) is 5.02 Å². The van der Waals surface area contributed by atoms with Crippen molar-refractivity contribution in [3.05, 3.63) is 39.5 Å². The normalized spacial score (nSPS) is 14.6. The zero-order chi connectivity index (χ0) is 12.7. The summed E-state index contributed by atoms with van der Waals surface area (Å²) < 4.78 is 0. The standard InChI is InChI=1S/C15H14ClNO/c1-9-13(16)7-6-11-12(8-18)10-4-2-3-5-14(10)17-15(9)11/h6-8H,2-5H2,1H3. The van der Waals surface area contributed by atoms with E-state index in [1.165, 1.54) is 0 Å². The van der Waals surface area contributed by atoms with Crippen LogP contribution in [0.1, 0.15) is 40.0 Å². The molecule has 0 N–H and O–H groups in total. The van der Waals surface area contributed by atoms with Crippen LogP contribution in [0.2, 0.25) is 5.02 Å². The molecule has 2 aromatic rings. The molecule has 0 amide bonds. The van der Waals surface area contributed by atoms with E-state index >= 15 is 0 Å². The Morgan fingerprint density at radius 3 is 2.83 bits per heavy atom. The minimum atomic E-state index is 0.711. The molecule has 0 unspecified atom stereocenters. The minimum absolute atomic E-state index is 0.711. The first-order valence-electron chi connectivity index (χ1n) is 6.28. The molecule has 1 heterocycles. The molecule has 0 fully saturated rings. The van der Waals surface area contributed by atoms with Gasteiger partial charge < -0.3 is 0 Å². The lowest BCUT2D eigenvalue weighted by Crippen LogP contribution is -2.10. The third kappa shape index (κ3) is 1.64. The van der Waals surface area contributed by atoms with E-state index in [1.807, 2.05) is 19.1 Å². The fraction of sp³-hybridized carbons (Fsp3) is 0.333. The van der Waals surface area contributed by atoms with Crippen LogP contribution in [0.5, 0.6) is 0 Å². The maximum atomic E-state index is 11.4. The minimum Gasteiger partial charge on any atom is -0.298 e. The molecular weight excluding hydrogens is 246 g/mol. The Labute approximate surface area is 111 Å². The summed E-state index contributed by atoms with van der Waals surface area (Å²) in [4.78, 5) is 16.2. The number of aromatic nitrogens is 1. The van der Waals surface area contributed by atoms with Crippen molar-refractivity contribution in [2.45, 2.75) is 32.6 Å². The zero-order valence-electron chi connectivity index (χ0n) is 10.3. The van der Waals surface area contributed by atoms with Gasteiger partial charge in [0, 0.05) is 21.7 Å². The van der Waals surface area contributed by atoms with Crippen molar-refractivity contribution in [1.82, 2.24) is 4.98 Å². The number of aldehydes is 1. The van der Waals surface area contributed by atoms with E-state index < -0.39 is 0 Å². The van der Waals surface area contributed by atoms with Gasteiger partial charge in [0.25, 0.3) is 0 Å². The average Bonchev–Trinajstić information content (AvgIpc) is 2.41.